The van der Waals surface area contributed by atoms with Gasteiger partial charge in [-0.1, -0.05) is 36.6 Å². The molecule has 2 aromatic rings. The van der Waals surface area contributed by atoms with E-state index in [1.807, 2.05) is 0 Å². The molecule has 1 aliphatic rings. The van der Waals surface area contributed by atoms with E-state index in [2.05, 4.69) is 5.32 Å². The molecule has 4 nitrogen and oxygen atoms in total. The minimum absolute atomic E-state index is 0.0882. The van der Waals surface area contributed by atoms with Gasteiger partial charge in [0.15, 0.2) is 6.04 Å². The fourth-order valence-electron chi connectivity index (χ4n) is 3.32. The third-order valence-electron chi connectivity index (χ3n) is 4.57. The van der Waals surface area contributed by atoms with Gasteiger partial charge in [-0.3, -0.25) is 14.5 Å². The highest BCUT2D eigenvalue weighted by Gasteiger charge is 2.48. The van der Waals surface area contributed by atoms with Gasteiger partial charge in [-0.25, -0.2) is 0 Å². The summed E-state index contributed by atoms with van der Waals surface area (Å²) in [7, 11) is 0. The molecule has 28 heavy (non-hydrogen) atoms. The maximum absolute atomic E-state index is 13.4. The van der Waals surface area contributed by atoms with E-state index in [-0.39, 0.29) is 16.8 Å². The van der Waals surface area contributed by atoms with Crippen LogP contribution in [0.5, 0.6) is 0 Å². The second-order valence-corrected chi connectivity index (χ2v) is 7.98. The molecule has 0 saturated heterocycles. The molecule has 150 valence electrons. The summed E-state index contributed by atoms with van der Waals surface area (Å²) in [4.78, 5) is 26.2. The van der Waals surface area contributed by atoms with Crippen LogP contribution in [0.2, 0.25) is 5.02 Å². The number of carbonyl (C=O) groups excluding carboxylic acids is 2. The second-order valence-electron chi connectivity index (χ2n) is 6.56. The van der Waals surface area contributed by atoms with Crippen LogP contribution in [-0.4, -0.2) is 24.0 Å². The predicted molar refractivity (Wildman–Crippen MR) is 102 cm³/mol. The zero-order valence-electron chi connectivity index (χ0n) is 14.7. The first-order chi connectivity index (χ1) is 13.3. The number of amides is 2. The van der Waals surface area contributed by atoms with Crippen LogP contribution in [0.1, 0.15) is 36.6 Å². The molecular formula is C19H18ClF3N2O2S. The van der Waals surface area contributed by atoms with Crippen LogP contribution >= 0.6 is 22.9 Å². The summed E-state index contributed by atoms with van der Waals surface area (Å²) in [5.41, 5.74) is -0.0882. The first-order valence-electron chi connectivity index (χ1n) is 8.77. The summed E-state index contributed by atoms with van der Waals surface area (Å²) in [6.45, 7) is 0. The maximum Gasteiger partial charge on any atom is 0.471 e. The zero-order valence-corrected chi connectivity index (χ0v) is 16.3. The van der Waals surface area contributed by atoms with Crippen LogP contribution in [0.4, 0.5) is 18.9 Å². The predicted octanol–water partition coefficient (Wildman–Crippen LogP) is 5.10. The number of hydrogen-bond acceptors (Lipinski definition) is 3. The number of thiophene rings is 1. The van der Waals surface area contributed by atoms with Gasteiger partial charge in [0.2, 0.25) is 5.91 Å². The van der Waals surface area contributed by atoms with Crippen molar-refractivity contribution < 1.29 is 22.8 Å². The quantitative estimate of drug-likeness (QED) is 0.717. The molecule has 1 aliphatic carbocycles. The second kappa shape index (κ2) is 8.53. The molecule has 9 heteroatoms. The number of halogens is 4. The molecule has 1 N–H and O–H groups in total. The Bertz CT molecular complexity index is 836. The molecule has 1 atom stereocenters. The molecule has 1 saturated carbocycles. The average Bonchev–Trinajstić information content (AvgIpc) is 3.32. The number of benzene rings is 1. The molecule has 1 aromatic carbocycles. The summed E-state index contributed by atoms with van der Waals surface area (Å²) in [5, 5.41) is 4.63. The van der Waals surface area contributed by atoms with E-state index < -0.39 is 24.0 Å². The van der Waals surface area contributed by atoms with Crippen molar-refractivity contribution in [2.24, 2.45) is 0 Å². The standard InChI is InChI=1S/C19H18ClF3N2O2S/c20-12-5-3-8-14(11-12)25(18(27)19(21,22)23)16(15-9-4-10-28-15)17(26)24-13-6-1-2-7-13/h3-5,8-11,13,16H,1-2,6-7H2,(H,24,26). The highest BCUT2D eigenvalue weighted by atomic mass is 35.5. The molecule has 1 heterocycles. The van der Waals surface area contributed by atoms with Gasteiger partial charge in [0, 0.05) is 21.6 Å². The van der Waals surface area contributed by atoms with Crippen LogP contribution < -0.4 is 10.2 Å². The third-order valence-corrected chi connectivity index (χ3v) is 5.73. The zero-order chi connectivity index (χ0) is 20.3. The Kier molecular flexibility index (Phi) is 6.30. The van der Waals surface area contributed by atoms with Gasteiger partial charge in [0.05, 0.1) is 0 Å². The number of nitrogens with one attached hydrogen (secondary N) is 1. The van der Waals surface area contributed by atoms with Crippen molar-refractivity contribution in [3.63, 3.8) is 0 Å². The molecule has 0 bridgehead atoms. The number of carbonyl (C=O) groups is 2. The highest BCUT2D eigenvalue weighted by molar-refractivity contribution is 7.10. The van der Waals surface area contributed by atoms with E-state index in [1.165, 1.54) is 24.3 Å². The lowest BCUT2D eigenvalue weighted by molar-refractivity contribution is -0.171. The van der Waals surface area contributed by atoms with E-state index in [0.717, 1.165) is 37.0 Å². The molecule has 0 spiro atoms. The van der Waals surface area contributed by atoms with Crippen molar-refractivity contribution in [2.45, 2.75) is 43.9 Å². The summed E-state index contributed by atoms with van der Waals surface area (Å²) in [5.74, 6) is -2.75. The fourth-order valence-corrected chi connectivity index (χ4v) is 4.31. The normalized spacial score (nSPS) is 16.0. The largest absolute Gasteiger partial charge is 0.471 e. The third kappa shape index (κ3) is 4.67. The van der Waals surface area contributed by atoms with E-state index >= 15 is 0 Å². The molecule has 1 aromatic heterocycles. The molecule has 2 amide bonds. The fraction of sp³-hybridized carbons (Fsp3) is 0.368. The van der Waals surface area contributed by atoms with Crippen molar-refractivity contribution in [3.8, 4) is 0 Å². The van der Waals surface area contributed by atoms with E-state index in [0.29, 0.717) is 9.78 Å². The maximum atomic E-state index is 13.4. The Labute approximate surface area is 169 Å². The first kappa shape index (κ1) is 20.7. The van der Waals surface area contributed by atoms with Crippen LogP contribution in [0.3, 0.4) is 0 Å². The van der Waals surface area contributed by atoms with Crippen molar-refractivity contribution in [1.82, 2.24) is 5.32 Å². The Morgan fingerprint density at radius 2 is 1.89 bits per heavy atom. The Balaban J connectivity index is 2.05. The SMILES string of the molecule is O=C(NC1CCCC1)C(c1cccs1)N(C(=O)C(F)(F)F)c1cccc(Cl)c1. The van der Waals surface area contributed by atoms with Crippen molar-refractivity contribution >= 4 is 40.4 Å². The monoisotopic (exact) mass is 430 g/mol. The van der Waals surface area contributed by atoms with E-state index in [1.54, 1.807) is 17.5 Å². The number of rotatable bonds is 5. The van der Waals surface area contributed by atoms with Crippen LogP contribution in [0, 0.1) is 0 Å². The minimum Gasteiger partial charge on any atom is -0.351 e. The lowest BCUT2D eigenvalue weighted by Crippen LogP contribution is -2.50. The Morgan fingerprint density at radius 1 is 1.18 bits per heavy atom. The van der Waals surface area contributed by atoms with Crippen molar-refractivity contribution in [1.29, 1.82) is 0 Å². The number of alkyl halides is 3. The highest BCUT2D eigenvalue weighted by Crippen LogP contribution is 2.35. The summed E-state index contributed by atoms with van der Waals surface area (Å²) < 4.78 is 40.2. The van der Waals surface area contributed by atoms with Gasteiger partial charge in [-0.05, 0) is 42.5 Å². The van der Waals surface area contributed by atoms with Gasteiger partial charge in [-0.2, -0.15) is 13.2 Å². The topological polar surface area (TPSA) is 49.4 Å². The molecule has 0 aliphatic heterocycles. The van der Waals surface area contributed by atoms with Gasteiger partial charge in [0.25, 0.3) is 0 Å². The molecule has 3 rings (SSSR count). The van der Waals surface area contributed by atoms with Gasteiger partial charge in [0.1, 0.15) is 0 Å². The van der Waals surface area contributed by atoms with Crippen molar-refractivity contribution in [2.75, 3.05) is 4.90 Å². The molecular weight excluding hydrogens is 413 g/mol. The number of nitrogens with zero attached hydrogens (tertiary/aromatic N) is 1. The average molecular weight is 431 g/mol. The molecule has 1 unspecified atom stereocenters. The van der Waals surface area contributed by atoms with E-state index in [4.69, 9.17) is 11.6 Å². The van der Waals surface area contributed by atoms with E-state index in [9.17, 15) is 22.8 Å². The minimum atomic E-state index is -5.15. The lowest BCUT2D eigenvalue weighted by atomic mass is 10.1. The van der Waals surface area contributed by atoms with Crippen LogP contribution in [-0.2, 0) is 9.59 Å². The summed E-state index contributed by atoms with van der Waals surface area (Å²) in [6, 6.07) is 7.14. The smallest absolute Gasteiger partial charge is 0.351 e. The van der Waals surface area contributed by atoms with Gasteiger partial charge in [-0.15, -0.1) is 11.3 Å². The Hall–Kier alpha value is -2.06. The van der Waals surface area contributed by atoms with Crippen molar-refractivity contribution in [3.05, 3.63) is 51.7 Å². The van der Waals surface area contributed by atoms with Crippen LogP contribution in [0.15, 0.2) is 41.8 Å². The summed E-state index contributed by atoms with van der Waals surface area (Å²) in [6.07, 6.45) is -1.70. The van der Waals surface area contributed by atoms with Gasteiger partial charge < -0.3 is 5.32 Å². The first-order valence-corrected chi connectivity index (χ1v) is 10.0. The van der Waals surface area contributed by atoms with Crippen LogP contribution in [0.25, 0.3) is 0 Å². The molecule has 1 fully saturated rings. The Morgan fingerprint density at radius 3 is 2.46 bits per heavy atom. The number of anilines is 1. The number of hydrogen-bond donors (Lipinski definition) is 1. The summed E-state index contributed by atoms with van der Waals surface area (Å²) >= 11 is 7.05. The van der Waals surface area contributed by atoms with Gasteiger partial charge >= 0.3 is 12.1 Å². The molecule has 0 radical (unpaired) electrons. The lowest BCUT2D eigenvalue weighted by Gasteiger charge is -2.32.